The van der Waals surface area contributed by atoms with E-state index in [0.29, 0.717) is 6.54 Å². The zero-order valence-corrected chi connectivity index (χ0v) is 12.7. The number of nitrogens with two attached hydrogens (primary N) is 1. The van der Waals surface area contributed by atoms with Crippen molar-refractivity contribution in [2.75, 3.05) is 38.6 Å². The van der Waals surface area contributed by atoms with Gasteiger partial charge in [-0.05, 0) is 50.6 Å². The monoisotopic (exact) mass is 281 g/mol. The van der Waals surface area contributed by atoms with Crippen molar-refractivity contribution in [3.8, 4) is 0 Å². The van der Waals surface area contributed by atoms with Gasteiger partial charge in [-0.2, -0.15) is 0 Å². The van der Waals surface area contributed by atoms with Crippen LogP contribution in [0.3, 0.4) is 0 Å². The largest absolute Gasteiger partial charge is 0.371 e. The molecule has 0 bridgehead atoms. The van der Waals surface area contributed by atoms with Gasteiger partial charge in [0.05, 0.1) is 0 Å². The van der Waals surface area contributed by atoms with Crippen molar-refractivity contribution >= 4 is 17.3 Å². The third kappa shape index (κ3) is 3.85. The molecule has 0 aliphatic carbocycles. The van der Waals surface area contributed by atoms with Crippen molar-refractivity contribution in [1.82, 2.24) is 4.90 Å². The van der Waals surface area contributed by atoms with Gasteiger partial charge in [0, 0.05) is 36.9 Å². The van der Waals surface area contributed by atoms with Gasteiger partial charge < -0.3 is 15.5 Å². The van der Waals surface area contributed by atoms with Crippen LogP contribution in [0.4, 0.5) is 5.69 Å². The van der Waals surface area contributed by atoms with E-state index in [9.17, 15) is 0 Å². The lowest BCUT2D eigenvalue weighted by molar-refractivity contribution is 0.285. The molecule has 0 atom stereocenters. The van der Waals surface area contributed by atoms with Gasteiger partial charge >= 0.3 is 0 Å². The van der Waals surface area contributed by atoms with Crippen LogP contribution in [0.5, 0.6) is 0 Å². The number of piperidine rings is 1. The molecule has 0 aromatic heterocycles. The van der Waals surface area contributed by atoms with Crippen LogP contribution in [0.1, 0.15) is 18.4 Å². The molecular weight excluding hydrogens is 258 g/mol. The number of halogens is 1. The first-order valence-electron chi connectivity index (χ1n) is 6.98. The maximum Gasteiger partial charge on any atom is 0.0471 e. The zero-order chi connectivity index (χ0) is 13.8. The van der Waals surface area contributed by atoms with Gasteiger partial charge in [0.25, 0.3) is 0 Å². The van der Waals surface area contributed by atoms with Crippen molar-refractivity contribution in [2.24, 2.45) is 11.7 Å². The summed E-state index contributed by atoms with van der Waals surface area (Å²) < 4.78 is 0. The molecule has 0 radical (unpaired) electrons. The molecular formula is C15H24ClN3. The number of hydrogen-bond donors (Lipinski definition) is 1. The number of rotatable bonds is 4. The van der Waals surface area contributed by atoms with E-state index in [1.807, 2.05) is 6.07 Å². The van der Waals surface area contributed by atoms with Crippen LogP contribution in [0.2, 0.25) is 5.02 Å². The lowest BCUT2D eigenvalue weighted by Crippen LogP contribution is -2.37. The van der Waals surface area contributed by atoms with Crippen molar-refractivity contribution in [2.45, 2.75) is 19.4 Å². The highest BCUT2D eigenvalue weighted by Gasteiger charge is 2.20. The lowest BCUT2D eigenvalue weighted by atomic mass is 9.96. The fourth-order valence-corrected chi connectivity index (χ4v) is 3.04. The van der Waals surface area contributed by atoms with Gasteiger partial charge in [0.15, 0.2) is 0 Å². The summed E-state index contributed by atoms with van der Waals surface area (Å²) in [5.74, 6) is 0.824. The first-order valence-corrected chi connectivity index (χ1v) is 7.36. The van der Waals surface area contributed by atoms with Crippen LogP contribution in [0, 0.1) is 5.92 Å². The molecule has 0 unspecified atom stereocenters. The van der Waals surface area contributed by atoms with Crippen molar-refractivity contribution < 1.29 is 0 Å². The van der Waals surface area contributed by atoms with E-state index in [1.54, 1.807) is 0 Å². The molecule has 106 valence electrons. The summed E-state index contributed by atoms with van der Waals surface area (Å²) in [6.45, 7) is 3.94. The third-order valence-corrected chi connectivity index (χ3v) is 4.21. The Morgan fingerprint density at radius 3 is 2.53 bits per heavy atom. The average Bonchev–Trinajstić information content (AvgIpc) is 2.39. The highest BCUT2D eigenvalue weighted by atomic mass is 35.5. The van der Waals surface area contributed by atoms with E-state index in [2.05, 4.69) is 36.0 Å². The molecule has 1 aliphatic heterocycles. The molecule has 2 rings (SSSR count). The van der Waals surface area contributed by atoms with E-state index in [0.717, 1.165) is 29.6 Å². The van der Waals surface area contributed by atoms with E-state index >= 15 is 0 Å². The number of nitrogens with zero attached hydrogens (tertiary/aromatic N) is 2. The van der Waals surface area contributed by atoms with E-state index < -0.39 is 0 Å². The fraction of sp³-hybridized carbons (Fsp3) is 0.600. The lowest BCUT2D eigenvalue weighted by Gasteiger charge is -2.34. The maximum absolute atomic E-state index is 6.23. The summed E-state index contributed by atoms with van der Waals surface area (Å²) in [6.07, 6.45) is 2.52. The summed E-state index contributed by atoms with van der Waals surface area (Å²) in [6, 6.07) is 6.24. The van der Waals surface area contributed by atoms with Crippen LogP contribution >= 0.6 is 11.6 Å². The summed E-state index contributed by atoms with van der Waals surface area (Å²) >= 11 is 6.23. The van der Waals surface area contributed by atoms with Crippen LogP contribution < -0.4 is 10.6 Å². The molecule has 1 aliphatic rings. The molecule has 3 nitrogen and oxygen atoms in total. The Bertz CT molecular complexity index is 412. The molecule has 1 heterocycles. The Balaban J connectivity index is 1.96. The van der Waals surface area contributed by atoms with Crippen LogP contribution in [0.15, 0.2) is 18.2 Å². The predicted molar refractivity (Wildman–Crippen MR) is 82.8 cm³/mol. The second-order valence-electron chi connectivity index (χ2n) is 5.67. The van der Waals surface area contributed by atoms with E-state index in [1.165, 1.54) is 25.1 Å². The highest BCUT2D eigenvalue weighted by molar-refractivity contribution is 6.31. The van der Waals surface area contributed by atoms with Gasteiger partial charge in [-0.1, -0.05) is 17.7 Å². The predicted octanol–water partition coefficient (Wildman–Crippen LogP) is 2.58. The first-order chi connectivity index (χ1) is 9.10. The Kier molecular flexibility index (Phi) is 5.08. The minimum Gasteiger partial charge on any atom is -0.371 e. The Morgan fingerprint density at radius 2 is 2.00 bits per heavy atom. The molecule has 1 aromatic rings. The molecule has 0 amide bonds. The van der Waals surface area contributed by atoms with Crippen LogP contribution in [-0.2, 0) is 6.54 Å². The highest BCUT2D eigenvalue weighted by Crippen LogP contribution is 2.27. The molecule has 1 fully saturated rings. The third-order valence-electron chi connectivity index (χ3n) is 3.86. The quantitative estimate of drug-likeness (QED) is 0.921. The Morgan fingerprint density at radius 1 is 1.32 bits per heavy atom. The zero-order valence-electron chi connectivity index (χ0n) is 11.9. The van der Waals surface area contributed by atoms with Crippen molar-refractivity contribution in [3.05, 3.63) is 28.8 Å². The number of benzene rings is 1. The minimum absolute atomic E-state index is 0.504. The molecule has 2 N–H and O–H groups in total. The van der Waals surface area contributed by atoms with Crippen molar-refractivity contribution in [3.63, 3.8) is 0 Å². The minimum atomic E-state index is 0.504. The average molecular weight is 282 g/mol. The van der Waals surface area contributed by atoms with Gasteiger partial charge in [-0.3, -0.25) is 0 Å². The summed E-state index contributed by atoms with van der Waals surface area (Å²) in [7, 11) is 4.30. The smallest absolute Gasteiger partial charge is 0.0471 e. The van der Waals surface area contributed by atoms with Gasteiger partial charge in [-0.15, -0.1) is 0 Å². The SMILES string of the molecule is CN(C)CC1CCN(c2ccc(CN)c(Cl)c2)CC1. The van der Waals surface area contributed by atoms with Gasteiger partial charge in [0.2, 0.25) is 0 Å². The van der Waals surface area contributed by atoms with E-state index in [-0.39, 0.29) is 0 Å². The Hall–Kier alpha value is -0.770. The number of hydrogen-bond acceptors (Lipinski definition) is 3. The molecule has 1 saturated heterocycles. The van der Waals surface area contributed by atoms with Crippen LogP contribution in [-0.4, -0.2) is 38.6 Å². The summed E-state index contributed by atoms with van der Waals surface area (Å²) in [5, 5.41) is 0.787. The number of anilines is 1. The molecule has 1 aromatic carbocycles. The molecule has 19 heavy (non-hydrogen) atoms. The first kappa shape index (κ1) is 14.6. The standard InChI is InChI=1S/C15H24ClN3/c1-18(2)11-12-5-7-19(8-6-12)14-4-3-13(10-17)15(16)9-14/h3-4,9,12H,5-8,10-11,17H2,1-2H3. The fourth-order valence-electron chi connectivity index (χ4n) is 2.79. The Labute approximate surface area is 121 Å². The van der Waals surface area contributed by atoms with Gasteiger partial charge in [-0.25, -0.2) is 0 Å². The van der Waals surface area contributed by atoms with Crippen LogP contribution in [0.25, 0.3) is 0 Å². The van der Waals surface area contributed by atoms with Gasteiger partial charge in [0.1, 0.15) is 0 Å². The van der Waals surface area contributed by atoms with Crippen molar-refractivity contribution in [1.29, 1.82) is 0 Å². The summed E-state index contributed by atoms with van der Waals surface area (Å²) in [5.41, 5.74) is 7.89. The van der Waals surface area contributed by atoms with E-state index in [4.69, 9.17) is 17.3 Å². The molecule has 0 saturated carbocycles. The topological polar surface area (TPSA) is 32.5 Å². The molecule has 0 spiro atoms. The molecule has 4 heteroatoms. The normalized spacial score (nSPS) is 17.2. The second-order valence-corrected chi connectivity index (χ2v) is 6.08. The second kappa shape index (κ2) is 6.60. The maximum atomic E-state index is 6.23. The summed E-state index contributed by atoms with van der Waals surface area (Å²) in [4.78, 5) is 4.71.